The van der Waals surface area contributed by atoms with Gasteiger partial charge < -0.3 is 14.8 Å². The second kappa shape index (κ2) is 11.5. The molecular formula is C24H27N3O3S. The van der Waals surface area contributed by atoms with Gasteiger partial charge in [-0.15, -0.1) is 0 Å². The van der Waals surface area contributed by atoms with Crippen LogP contribution in [0.1, 0.15) is 36.2 Å². The standard InChI is InChI=1S/C24H27N3O3S/c1-17(2)29-16-4-13-25-22(28)19-7-9-20(10-8-19)30-23-24(27-15-14-26-23)31-21-11-5-18(3)6-12-21/h5-12,14-15,17H,4,13,16H2,1-3H3,(H,25,28). The number of benzene rings is 2. The fraction of sp³-hybridized carbons (Fsp3) is 0.292. The molecule has 0 bridgehead atoms. The highest BCUT2D eigenvalue weighted by molar-refractivity contribution is 7.99. The van der Waals surface area contributed by atoms with Crippen molar-refractivity contribution in [2.24, 2.45) is 0 Å². The number of hydrogen-bond donors (Lipinski definition) is 1. The normalized spacial score (nSPS) is 10.8. The van der Waals surface area contributed by atoms with Gasteiger partial charge in [0.15, 0.2) is 5.03 Å². The van der Waals surface area contributed by atoms with E-state index in [9.17, 15) is 4.79 Å². The summed E-state index contributed by atoms with van der Waals surface area (Å²) in [6.07, 6.45) is 4.22. The van der Waals surface area contributed by atoms with Crippen LogP contribution in [0.15, 0.2) is 70.8 Å². The summed E-state index contributed by atoms with van der Waals surface area (Å²) in [5, 5.41) is 3.57. The molecule has 3 aromatic rings. The minimum Gasteiger partial charge on any atom is -0.437 e. The van der Waals surface area contributed by atoms with Crippen molar-refractivity contribution in [1.29, 1.82) is 0 Å². The Balaban J connectivity index is 1.57. The third-order valence-corrected chi connectivity index (χ3v) is 5.24. The quantitative estimate of drug-likeness (QED) is 0.436. The van der Waals surface area contributed by atoms with E-state index < -0.39 is 0 Å². The van der Waals surface area contributed by atoms with Crippen LogP contribution < -0.4 is 10.1 Å². The van der Waals surface area contributed by atoms with E-state index in [1.165, 1.54) is 17.3 Å². The Morgan fingerprint density at radius 1 is 1.03 bits per heavy atom. The number of carbonyl (C=O) groups excluding carboxylic acids is 1. The van der Waals surface area contributed by atoms with Gasteiger partial charge in [0.2, 0.25) is 0 Å². The van der Waals surface area contributed by atoms with Gasteiger partial charge in [-0.05, 0) is 63.6 Å². The van der Waals surface area contributed by atoms with E-state index in [4.69, 9.17) is 9.47 Å². The molecule has 2 aromatic carbocycles. The smallest absolute Gasteiger partial charge is 0.252 e. The SMILES string of the molecule is Cc1ccc(Sc2nccnc2Oc2ccc(C(=O)NCCCOC(C)C)cc2)cc1. The lowest BCUT2D eigenvalue weighted by Gasteiger charge is -2.10. The van der Waals surface area contributed by atoms with Crippen LogP contribution in [0.5, 0.6) is 11.6 Å². The lowest BCUT2D eigenvalue weighted by molar-refractivity contribution is 0.0757. The highest BCUT2D eigenvalue weighted by atomic mass is 32.2. The summed E-state index contributed by atoms with van der Waals surface area (Å²) >= 11 is 1.49. The van der Waals surface area contributed by atoms with Gasteiger partial charge in [0, 0.05) is 36.0 Å². The zero-order chi connectivity index (χ0) is 22.1. The molecule has 0 radical (unpaired) electrons. The van der Waals surface area contributed by atoms with Gasteiger partial charge in [-0.2, -0.15) is 0 Å². The van der Waals surface area contributed by atoms with Gasteiger partial charge in [-0.3, -0.25) is 4.79 Å². The summed E-state index contributed by atoms with van der Waals surface area (Å²) in [6, 6.07) is 15.2. The van der Waals surface area contributed by atoms with Crippen LogP contribution in [0.25, 0.3) is 0 Å². The van der Waals surface area contributed by atoms with Crippen LogP contribution in [0.2, 0.25) is 0 Å². The molecule has 1 heterocycles. The number of carbonyl (C=O) groups is 1. The Bertz CT molecular complexity index is 976. The van der Waals surface area contributed by atoms with Crippen LogP contribution in [0, 0.1) is 6.92 Å². The average molecular weight is 438 g/mol. The topological polar surface area (TPSA) is 73.3 Å². The van der Waals surface area contributed by atoms with E-state index in [1.807, 2.05) is 26.0 Å². The Kier molecular flexibility index (Phi) is 8.44. The maximum absolute atomic E-state index is 12.3. The Morgan fingerprint density at radius 2 is 1.74 bits per heavy atom. The molecule has 1 N–H and O–H groups in total. The largest absolute Gasteiger partial charge is 0.437 e. The van der Waals surface area contributed by atoms with Gasteiger partial charge in [0.05, 0.1) is 6.10 Å². The second-order valence-electron chi connectivity index (χ2n) is 7.24. The maximum atomic E-state index is 12.3. The van der Waals surface area contributed by atoms with Gasteiger partial charge in [-0.1, -0.05) is 29.5 Å². The highest BCUT2D eigenvalue weighted by Gasteiger charge is 2.11. The van der Waals surface area contributed by atoms with E-state index >= 15 is 0 Å². The number of amides is 1. The third kappa shape index (κ3) is 7.38. The molecular weight excluding hydrogens is 410 g/mol. The Hall–Kier alpha value is -2.90. The van der Waals surface area contributed by atoms with Crippen molar-refractivity contribution in [3.05, 3.63) is 72.1 Å². The van der Waals surface area contributed by atoms with Gasteiger partial charge in [-0.25, -0.2) is 9.97 Å². The Labute approximate surface area is 187 Å². The maximum Gasteiger partial charge on any atom is 0.252 e. The Morgan fingerprint density at radius 3 is 2.45 bits per heavy atom. The second-order valence-corrected chi connectivity index (χ2v) is 8.30. The molecule has 7 heteroatoms. The van der Waals surface area contributed by atoms with Crippen LogP contribution >= 0.6 is 11.8 Å². The highest BCUT2D eigenvalue weighted by Crippen LogP contribution is 2.33. The van der Waals surface area contributed by atoms with Crippen LogP contribution in [0.4, 0.5) is 0 Å². The van der Waals surface area contributed by atoms with E-state index in [2.05, 4.69) is 34.3 Å². The summed E-state index contributed by atoms with van der Waals surface area (Å²) in [6.45, 7) is 7.24. The minimum absolute atomic E-state index is 0.119. The first-order valence-corrected chi connectivity index (χ1v) is 11.1. The molecule has 1 amide bonds. The lowest BCUT2D eigenvalue weighted by Crippen LogP contribution is -2.25. The number of hydrogen-bond acceptors (Lipinski definition) is 6. The molecule has 0 saturated heterocycles. The molecule has 31 heavy (non-hydrogen) atoms. The number of rotatable bonds is 10. The first-order valence-electron chi connectivity index (χ1n) is 10.2. The van der Waals surface area contributed by atoms with Crippen molar-refractivity contribution in [2.75, 3.05) is 13.2 Å². The lowest BCUT2D eigenvalue weighted by atomic mass is 10.2. The van der Waals surface area contributed by atoms with Crippen LogP contribution in [0.3, 0.4) is 0 Å². The van der Waals surface area contributed by atoms with Crippen molar-refractivity contribution < 1.29 is 14.3 Å². The summed E-state index contributed by atoms with van der Waals surface area (Å²) in [5.41, 5.74) is 1.78. The van der Waals surface area contributed by atoms with E-state index in [1.54, 1.807) is 36.7 Å². The monoisotopic (exact) mass is 437 g/mol. The van der Waals surface area contributed by atoms with Crippen molar-refractivity contribution in [3.8, 4) is 11.6 Å². The molecule has 0 spiro atoms. The first-order chi connectivity index (χ1) is 15.0. The molecule has 0 saturated carbocycles. The number of aryl methyl sites for hydroxylation is 1. The van der Waals surface area contributed by atoms with Gasteiger partial charge in [0.1, 0.15) is 5.75 Å². The summed E-state index contributed by atoms with van der Waals surface area (Å²) < 4.78 is 11.4. The minimum atomic E-state index is -0.119. The number of nitrogens with one attached hydrogen (secondary N) is 1. The zero-order valence-corrected chi connectivity index (χ0v) is 18.8. The van der Waals surface area contributed by atoms with E-state index in [0.29, 0.717) is 35.4 Å². The number of nitrogens with zero attached hydrogens (tertiary/aromatic N) is 2. The molecule has 0 aliphatic rings. The fourth-order valence-corrected chi connectivity index (χ4v) is 3.44. The van der Waals surface area contributed by atoms with Crippen molar-refractivity contribution in [3.63, 3.8) is 0 Å². The first kappa shape index (κ1) is 22.8. The number of aromatic nitrogens is 2. The number of ether oxygens (including phenoxy) is 2. The molecule has 162 valence electrons. The van der Waals surface area contributed by atoms with Gasteiger partial charge >= 0.3 is 0 Å². The predicted molar refractivity (Wildman–Crippen MR) is 122 cm³/mol. The molecule has 0 aliphatic heterocycles. The molecule has 1 aromatic heterocycles. The van der Waals surface area contributed by atoms with E-state index in [-0.39, 0.29) is 12.0 Å². The van der Waals surface area contributed by atoms with E-state index in [0.717, 1.165) is 11.3 Å². The molecule has 0 fully saturated rings. The fourth-order valence-electron chi connectivity index (χ4n) is 2.65. The zero-order valence-electron chi connectivity index (χ0n) is 18.0. The summed E-state index contributed by atoms with van der Waals surface area (Å²) in [4.78, 5) is 22.0. The van der Waals surface area contributed by atoms with Crippen molar-refractivity contribution >= 4 is 17.7 Å². The van der Waals surface area contributed by atoms with Crippen LogP contribution in [-0.4, -0.2) is 35.1 Å². The molecule has 0 aliphatic carbocycles. The summed E-state index contributed by atoms with van der Waals surface area (Å²) in [7, 11) is 0. The third-order valence-electron chi connectivity index (χ3n) is 4.26. The van der Waals surface area contributed by atoms with Gasteiger partial charge in [0.25, 0.3) is 11.8 Å². The average Bonchev–Trinajstić information content (AvgIpc) is 2.76. The van der Waals surface area contributed by atoms with Crippen molar-refractivity contribution in [1.82, 2.24) is 15.3 Å². The molecule has 0 atom stereocenters. The summed E-state index contributed by atoms with van der Waals surface area (Å²) in [5.74, 6) is 0.898. The predicted octanol–water partition coefficient (Wildman–Crippen LogP) is 5.27. The molecule has 6 nitrogen and oxygen atoms in total. The van der Waals surface area contributed by atoms with Crippen LogP contribution in [-0.2, 0) is 4.74 Å². The molecule has 3 rings (SSSR count). The molecule has 0 unspecified atom stereocenters. The van der Waals surface area contributed by atoms with Crippen molar-refractivity contribution in [2.45, 2.75) is 43.2 Å².